The van der Waals surface area contributed by atoms with Crippen LogP contribution < -0.4 is 4.74 Å². The van der Waals surface area contributed by atoms with Crippen LogP contribution in [0.3, 0.4) is 0 Å². The van der Waals surface area contributed by atoms with Gasteiger partial charge in [-0.1, -0.05) is 11.6 Å². The Balaban J connectivity index is 1.53. The Morgan fingerprint density at radius 1 is 1.28 bits per heavy atom. The lowest BCUT2D eigenvalue weighted by Gasteiger charge is -2.44. The smallest absolute Gasteiger partial charge is 0.289 e. The van der Waals surface area contributed by atoms with Crippen LogP contribution in [0.15, 0.2) is 34.9 Å². The maximum Gasteiger partial charge on any atom is 0.289 e. The molecule has 3 heterocycles. The predicted octanol–water partition coefficient (Wildman–Crippen LogP) is 3.88. The molecule has 1 saturated heterocycles. The Morgan fingerprint density at radius 2 is 2.04 bits per heavy atom. The van der Waals surface area contributed by atoms with Gasteiger partial charge in [0.25, 0.3) is 5.91 Å². The number of likely N-dealkylation sites (tertiary alicyclic amines) is 1. The highest BCUT2D eigenvalue weighted by Crippen LogP contribution is 2.42. The van der Waals surface area contributed by atoms with Crippen LogP contribution in [-0.4, -0.2) is 35.3 Å². The average Bonchev–Trinajstić information content (AvgIpc) is 3.11. The average molecular weight is 360 g/mol. The number of aryl methyl sites for hydroxylation is 1. The van der Waals surface area contributed by atoms with E-state index >= 15 is 0 Å². The Hall–Kier alpha value is -2.27. The number of carbonyl (C=O) groups is 2. The summed E-state index contributed by atoms with van der Waals surface area (Å²) in [4.78, 5) is 26.8. The normalized spacial score (nSPS) is 18.8. The van der Waals surface area contributed by atoms with Gasteiger partial charge in [-0.15, -0.1) is 0 Å². The molecule has 2 aliphatic rings. The van der Waals surface area contributed by atoms with Crippen LogP contribution in [-0.2, 0) is 0 Å². The van der Waals surface area contributed by atoms with Crippen molar-refractivity contribution in [3.05, 3.63) is 52.4 Å². The molecule has 0 N–H and O–H groups in total. The van der Waals surface area contributed by atoms with Crippen LogP contribution in [0.2, 0.25) is 5.02 Å². The minimum atomic E-state index is -0.539. The molecule has 130 valence electrons. The first kappa shape index (κ1) is 16.2. The van der Waals surface area contributed by atoms with E-state index in [-0.39, 0.29) is 11.7 Å². The number of nitrogens with zero attached hydrogens (tertiary/aromatic N) is 1. The van der Waals surface area contributed by atoms with Crippen molar-refractivity contribution in [2.75, 3.05) is 13.1 Å². The number of furan rings is 1. The highest BCUT2D eigenvalue weighted by molar-refractivity contribution is 6.31. The molecule has 0 bridgehead atoms. The monoisotopic (exact) mass is 359 g/mol. The zero-order valence-electron chi connectivity index (χ0n) is 13.9. The molecule has 0 atom stereocenters. The van der Waals surface area contributed by atoms with Gasteiger partial charge in [-0.3, -0.25) is 9.59 Å². The van der Waals surface area contributed by atoms with Crippen molar-refractivity contribution in [2.45, 2.75) is 31.8 Å². The molecule has 25 heavy (non-hydrogen) atoms. The Bertz CT molecular complexity index is 835. The van der Waals surface area contributed by atoms with Crippen LogP contribution >= 0.6 is 11.6 Å². The number of fused-ring (bicyclic) bond motifs is 1. The minimum Gasteiger partial charge on any atom is -0.486 e. The van der Waals surface area contributed by atoms with Crippen LogP contribution in [0.4, 0.5) is 0 Å². The largest absolute Gasteiger partial charge is 0.486 e. The van der Waals surface area contributed by atoms with Gasteiger partial charge in [-0.2, -0.15) is 0 Å². The van der Waals surface area contributed by atoms with E-state index in [4.69, 9.17) is 20.8 Å². The van der Waals surface area contributed by atoms with Crippen molar-refractivity contribution in [2.24, 2.45) is 0 Å². The van der Waals surface area contributed by atoms with Gasteiger partial charge in [0.1, 0.15) is 11.4 Å². The zero-order valence-corrected chi connectivity index (χ0v) is 14.6. The van der Waals surface area contributed by atoms with Crippen molar-refractivity contribution in [3.8, 4) is 5.75 Å². The molecule has 6 heteroatoms. The maximum absolute atomic E-state index is 12.6. The number of ether oxygens (including phenoxy) is 1. The van der Waals surface area contributed by atoms with E-state index in [0.29, 0.717) is 54.4 Å². The topological polar surface area (TPSA) is 59.8 Å². The predicted molar refractivity (Wildman–Crippen MR) is 92.3 cm³/mol. The van der Waals surface area contributed by atoms with Gasteiger partial charge in [0, 0.05) is 31.0 Å². The first-order valence-electron chi connectivity index (χ1n) is 8.33. The quantitative estimate of drug-likeness (QED) is 0.775. The molecular weight excluding hydrogens is 342 g/mol. The van der Waals surface area contributed by atoms with Crippen molar-refractivity contribution in [3.63, 3.8) is 0 Å². The Morgan fingerprint density at radius 3 is 2.72 bits per heavy atom. The number of hydrogen-bond donors (Lipinski definition) is 0. The third-order valence-electron chi connectivity index (χ3n) is 5.03. The second kappa shape index (κ2) is 5.92. The molecular formula is C19H18ClNO4. The summed E-state index contributed by atoms with van der Waals surface area (Å²) in [7, 11) is 0. The molecule has 1 amide bonds. The Kier molecular flexibility index (Phi) is 3.84. The lowest BCUT2D eigenvalue weighted by molar-refractivity contribution is -0.00687. The van der Waals surface area contributed by atoms with Gasteiger partial charge in [0.05, 0.1) is 18.2 Å². The molecule has 0 aliphatic carbocycles. The first-order chi connectivity index (χ1) is 12.0. The standard InChI is InChI=1S/C19H18ClNO4/c1-12-9-13(20)10-14-15(22)11-19(25-17(12)14)4-6-21(7-5-19)18(23)16-3-2-8-24-16/h2-3,8-10H,4-7,11H2,1H3. The summed E-state index contributed by atoms with van der Waals surface area (Å²) in [5, 5.41) is 0.544. The summed E-state index contributed by atoms with van der Waals surface area (Å²) in [5.41, 5.74) is 0.886. The fraction of sp³-hybridized carbons (Fsp3) is 0.368. The highest BCUT2D eigenvalue weighted by Gasteiger charge is 2.44. The lowest BCUT2D eigenvalue weighted by Crippen LogP contribution is -2.52. The van der Waals surface area contributed by atoms with Crippen molar-refractivity contribution in [1.29, 1.82) is 0 Å². The summed E-state index contributed by atoms with van der Waals surface area (Å²) < 4.78 is 11.5. The molecule has 4 rings (SSSR count). The van der Waals surface area contributed by atoms with E-state index in [1.807, 2.05) is 13.0 Å². The van der Waals surface area contributed by atoms with Gasteiger partial charge < -0.3 is 14.1 Å². The van der Waals surface area contributed by atoms with Gasteiger partial charge in [0.2, 0.25) is 0 Å². The van der Waals surface area contributed by atoms with E-state index in [2.05, 4.69) is 0 Å². The highest BCUT2D eigenvalue weighted by atomic mass is 35.5. The number of piperidine rings is 1. The van der Waals surface area contributed by atoms with Gasteiger partial charge >= 0.3 is 0 Å². The van der Waals surface area contributed by atoms with Crippen molar-refractivity contribution >= 4 is 23.3 Å². The van der Waals surface area contributed by atoms with Gasteiger partial charge in [-0.25, -0.2) is 0 Å². The van der Waals surface area contributed by atoms with E-state index < -0.39 is 5.60 Å². The van der Waals surface area contributed by atoms with E-state index in [0.717, 1.165) is 5.56 Å². The van der Waals surface area contributed by atoms with Crippen molar-refractivity contribution < 1.29 is 18.7 Å². The molecule has 0 radical (unpaired) electrons. The van der Waals surface area contributed by atoms with Gasteiger partial charge in [0.15, 0.2) is 11.5 Å². The Labute approximate surface area is 150 Å². The third kappa shape index (κ3) is 2.82. The summed E-state index contributed by atoms with van der Waals surface area (Å²) in [6, 6.07) is 6.85. The molecule has 5 nitrogen and oxygen atoms in total. The fourth-order valence-electron chi connectivity index (χ4n) is 3.67. The first-order valence-corrected chi connectivity index (χ1v) is 8.70. The number of Topliss-reactive ketones (excluding diaryl/α,β-unsaturated/α-hetero) is 1. The third-order valence-corrected chi connectivity index (χ3v) is 5.25. The van der Waals surface area contributed by atoms with Gasteiger partial charge in [-0.05, 0) is 36.8 Å². The zero-order chi connectivity index (χ0) is 17.6. The maximum atomic E-state index is 12.6. The molecule has 1 aromatic heterocycles. The molecule has 1 spiro atoms. The second-order valence-electron chi connectivity index (χ2n) is 6.75. The number of amides is 1. The van der Waals surface area contributed by atoms with Crippen LogP contribution in [0.1, 0.15) is 45.7 Å². The molecule has 1 fully saturated rings. The molecule has 2 aliphatic heterocycles. The SMILES string of the molecule is Cc1cc(Cl)cc2c1OC1(CCN(C(=O)c3ccco3)CC1)CC2=O. The second-order valence-corrected chi connectivity index (χ2v) is 7.19. The summed E-state index contributed by atoms with van der Waals surface area (Å²) in [6.07, 6.45) is 3.05. The molecule has 2 aromatic rings. The molecule has 1 aromatic carbocycles. The van der Waals surface area contributed by atoms with E-state index in [1.165, 1.54) is 6.26 Å². The molecule has 0 unspecified atom stereocenters. The summed E-state index contributed by atoms with van der Waals surface area (Å²) in [6.45, 7) is 2.97. The van der Waals surface area contributed by atoms with Crippen molar-refractivity contribution in [1.82, 2.24) is 4.90 Å². The fourth-order valence-corrected chi connectivity index (χ4v) is 3.94. The van der Waals surface area contributed by atoms with E-state index in [9.17, 15) is 9.59 Å². The van der Waals surface area contributed by atoms with Crippen LogP contribution in [0, 0.1) is 6.92 Å². The summed E-state index contributed by atoms with van der Waals surface area (Å²) >= 11 is 6.07. The lowest BCUT2D eigenvalue weighted by atomic mass is 9.82. The van der Waals surface area contributed by atoms with Crippen LogP contribution in [0.5, 0.6) is 5.75 Å². The van der Waals surface area contributed by atoms with Crippen LogP contribution in [0.25, 0.3) is 0 Å². The number of hydrogen-bond acceptors (Lipinski definition) is 4. The summed E-state index contributed by atoms with van der Waals surface area (Å²) in [5.74, 6) is 0.905. The molecule has 0 saturated carbocycles. The number of halogens is 1. The number of rotatable bonds is 1. The number of ketones is 1. The number of carbonyl (C=O) groups excluding carboxylic acids is 2. The van der Waals surface area contributed by atoms with E-state index in [1.54, 1.807) is 23.1 Å². The number of benzene rings is 1. The minimum absolute atomic E-state index is 0.0534.